The van der Waals surface area contributed by atoms with Crippen LogP contribution in [0.1, 0.15) is 49.9 Å². The first-order valence-corrected chi connectivity index (χ1v) is 13.6. The molecule has 0 unspecified atom stereocenters. The third-order valence-electron chi connectivity index (χ3n) is 4.15. The van der Waals surface area contributed by atoms with E-state index in [1.807, 2.05) is 18.2 Å². The molecule has 2 aromatic carbocycles. The average molecular weight is 560 g/mol. The molecule has 0 spiro atoms. The Balaban J connectivity index is 0.000000809. The summed E-state index contributed by atoms with van der Waals surface area (Å²) in [5.41, 5.74) is 0.840. The van der Waals surface area contributed by atoms with E-state index in [2.05, 4.69) is 18.8 Å². The number of nitrogens with zero attached hydrogens (tertiary/aromatic N) is 2. The van der Waals surface area contributed by atoms with Crippen LogP contribution in [0.15, 0.2) is 46.2 Å². The molecule has 0 radical (unpaired) electrons. The zero-order valence-corrected chi connectivity index (χ0v) is 21.6. The van der Waals surface area contributed by atoms with Crippen molar-refractivity contribution >= 4 is 31.2 Å². The monoisotopic (exact) mass is 560 g/mol. The third kappa shape index (κ3) is 14.0. The van der Waals surface area contributed by atoms with Crippen LogP contribution in [0.2, 0.25) is 0 Å². The first-order valence-electron chi connectivity index (χ1n) is 10.8. The van der Waals surface area contributed by atoms with Crippen LogP contribution in [0.3, 0.4) is 0 Å². The van der Waals surface area contributed by atoms with Crippen molar-refractivity contribution in [3.63, 3.8) is 0 Å². The number of diazo groups is 1. The Morgan fingerprint density at radius 1 is 0.917 bits per heavy atom. The number of unbranched alkanes of at least 4 members (excludes halogenated alkanes) is 2. The topological polar surface area (TPSA) is 72.9 Å². The number of hydrogen-bond donors (Lipinski definition) is 0. The second kappa shape index (κ2) is 12.5. The molecule has 6 nitrogen and oxygen atoms in total. The predicted octanol–water partition coefficient (Wildman–Crippen LogP) is 9.85. The zero-order chi connectivity index (χ0) is 27.5. The van der Waals surface area contributed by atoms with E-state index in [-0.39, 0.29) is 5.97 Å². The van der Waals surface area contributed by atoms with Gasteiger partial charge in [-0.05, 0) is 37.1 Å². The van der Waals surface area contributed by atoms with Crippen LogP contribution < -0.4 is 9.47 Å². The normalized spacial score (nSPS) is 12.8. The number of ether oxygens (including phenoxy) is 3. The number of hydrogen-bond acceptors (Lipinski definition) is 6. The second-order valence-corrected chi connectivity index (χ2v) is 10.4. The molecule has 0 amide bonds. The van der Waals surface area contributed by atoms with E-state index in [1.54, 1.807) is 18.2 Å². The van der Waals surface area contributed by atoms with Crippen molar-refractivity contribution in [2.75, 3.05) is 20.3 Å². The van der Waals surface area contributed by atoms with Crippen LogP contribution >= 0.6 is 19.6 Å². The maximum atomic E-state index is 11.6. The van der Waals surface area contributed by atoms with E-state index in [0.717, 1.165) is 35.5 Å². The molecule has 202 valence electrons. The average Bonchev–Trinajstić information content (AvgIpc) is 2.78. The van der Waals surface area contributed by atoms with Gasteiger partial charge in [0.1, 0.15) is 5.75 Å². The summed E-state index contributed by atoms with van der Waals surface area (Å²) in [6.07, 6.45) is 3.88. The fourth-order valence-electron chi connectivity index (χ4n) is 2.47. The first kappa shape index (κ1) is 31.3. The van der Waals surface area contributed by atoms with Crippen LogP contribution in [0.4, 0.5) is 30.9 Å². The summed E-state index contributed by atoms with van der Waals surface area (Å²) in [5.74, 6) is 0.777. The minimum atomic E-state index is -10.7. The summed E-state index contributed by atoms with van der Waals surface area (Å²) < 4.78 is 75.7. The van der Waals surface area contributed by atoms with Gasteiger partial charge in [0.05, 0.1) is 36.8 Å². The van der Waals surface area contributed by atoms with Crippen LogP contribution in [-0.4, -0.2) is 26.3 Å². The third-order valence-corrected chi connectivity index (χ3v) is 5.19. The maximum absolute atomic E-state index is 11.6. The molecule has 0 aliphatic carbocycles. The van der Waals surface area contributed by atoms with Crippen molar-refractivity contribution in [2.45, 2.75) is 49.3 Å². The molecule has 0 aliphatic rings. The number of halogens is 6. The van der Waals surface area contributed by atoms with Gasteiger partial charge in [-0.2, -0.15) is 0 Å². The van der Waals surface area contributed by atoms with Gasteiger partial charge in [0, 0.05) is 11.0 Å². The molecule has 0 saturated heterocycles. The van der Waals surface area contributed by atoms with Gasteiger partial charge in [-0.3, -0.25) is 0 Å². The van der Waals surface area contributed by atoms with E-state index in [0.29, 0.717) is 36.0 Å². The van der Waals surface area contributed by atoms with Crippen LogP contribution in [-0.2, 0) is 4.74 Å². The summed E-state index contributed by atoms with van der Waals surface area (Å²) in [6.45, 7) is 5.31. The fraction of sp³-hybridized carbons (Fsp3) is 0.409. The molecular formula is C22H27F6N2O4PS. The number of rotatable bonds is 11. The fourth-order valence-corrected chi connectivity index (χ4v) is 3.38. The second-order valence-electron chi connectivity index (χ2n) is 7.35. The van der Waals surface area contributed by atoms with Crippen molar-refractivity contribution in [3.05, 3.63) is 46.9 Å². The van der Waals surface area contributed by atoms with Crippen molar-refractivity contribution < 1.29 is 44.2 Å². The number of carbonyl (C=O) groups is 1. The summed E-state index contributed by atoms with van der Waals surface area (Å²) in [5, 5.41) is 9.40. The number of benzene rings is 2. The van der Waals surface area contributed by atoms with Gasteiger partial charge in [-0.1, -0.05) is 38.5 Å². The molecule has 0 heterocycles. The number of methoxy groups -OCH3 is 1. The summed E-state index contributed by atoms with van der Waals surface area (Å²) in [4.78, 5) is 16.8. The van der Waals surface area contributed by atoms with Gasteiger partial charge >= 0.3 is 44.6 Å². The van der Waals surface area contributed by atoms with E-state index < -0.39 is 7.81 Å². The van der Waals surface area contributed by atoms with Crippen molar-refractivity contribution in [2.24, 2.45) is 0 Å². The summed E-state index contributed by atoms with van der Waals surface area (Å²) in [7, 11) is -9.30. The van der Waals surface area contributed by atoms with E-state index in [4.69, 9.17) is 14.2 Å². The Kier molecular flexibility index (Phi) is 10.9. The SMILES string of the molecule is CCCCOc1cc(Sc2ccc(C(=O)OC)cc2)c(OCCCC)cc1[N+]#N.F[P-](F)(F)(F)(F)F. The molecule has 36 heavy (non-hydrogen) atoms. The quantitative estimate of drug-likeness (QED) is 0.0895. The van der Waals surface area contributed by atoms with Crippen LogP contribution in [0.25, 0.3) is 4.98 Å². The molecular weight excluding hydrogens is 533 g/mol. The molecule has 0 saturated carbocycles. The van der Waals surface area contributed by atoms with Gasteiger partial charge in [-0.15, -0.1) is 0 Å². The van der Waals surface area contributed by atoms with Gasteiger partial charge < -0.3 is 14.2 Å². The molecule has 0 N–H and O–H groups in total. The van der Waals surface area contributed by atoms with Crippen LogP contribution in [0, 0.1) is 5.39 Å². The molecule has 0 atom stereocenters. The van der Waals surface area contributed by atoms with Crippen LogP contribution in [0.5, 0.6) is 11.5 Å². The van der Waals surface area contributed by atoms with E-state index in [1.165, 1.54) is 18.9 Å². The summed E-state index contributed by atoms with van der Waals surface area (Å²) in [6, 6.07) is 10.7. The number of esters is 1. The Morgan fingerprint density at radius 2 is 1.42 bits per heavy atom. The Labute approximate surface area is 209 Å². The van der Waals surface area contributed by atoms with Gasteiger partial charge in [-0.25, -0.2) is 4.79 Å². The molecule has 0 bridgehead atoms. The molecule has 0 aliphatic heterocycles. The van der Waals surface area contributed by atoms with Crippen molar-refractivity contribution in [3.8, 4) is 11.5 Å². The molecule has 0 aromatic heterocycles. The summed E-state index contributed by atoms with van der Waals surface area (Å²) >= 11 is 1.49. The number of carbonyl (C=O) groups excluding carboxylic acids is 1. The molecule has 14 heteroatoms. The molecule has 2 rings (SSSR count). The van der Waals surface area contributed by atoms with E-state index in [9.17, 15) is 35.4 Å². The molecule has 0 fully saturated rings. The van der Waals surface area contributed by atoms with Gasteiger partial charge in [0.2, 0.25) is 11.1 Å². The predicted molar refractivity (Wildman–Crippen MR) is 127 cm³/mol. The van der Waals surface area contributed by atoms with E-state index >= 15 is 0 Å². The minimum absolute atomic E-state index is 0.345. The van der Waals surface area contributed by atoms with Crippen molar-refractivity contribution in [1.29, 1.82) is 5.39 Å². The Bertz CT molecular complexity index is 1050. The first-order chi connectivity index (χ1) is 16.6. The van der Waals surface area contributed by atoms with Gasteiger partial charge in [0.15, 0.2) is 4.98 Å². The Hall–Kier alpha value is -2.71. The van der Waals surface area contributed by atoms with Gasteiger partial charge in [0.25, 0.3) is 0 Å². The Morgan fingerprint density at radius 3 is 1.86 bits per heavy atom. The molecule has 2 aromatic rings. The van der Waals surface area contributed by atoms with Crippen molar-refractivity contribution in [1.82, 2.24) is 0 Å². The zero-order valence-electron chi connectivity index (χ0n) is 19.9. The standard InChI is InChI=1S/C22H27N2O4S.F6P/c1-4-6-12-27-19-15-21(20(14-18(19)24-23)28-13-7-5-2)29-17-10-8-16(9-11-17)22(25)26-3;1-7(2,3,4,5)6/h8-11,14-15H,4-7,12-13H2,1-3H3;/q+1;-1.